The highest BCUT2D eigenvalue weighted by Crippen LogP contribution is 2.68. The molecule has 4 N–H and O–H groups in total. The van der Waals surface area contributed by atoms with Crippen molar-refractivity contribution in [2.45, 2.75) is 96.9 Å². The van der Waals surface area contributed by atoms with Gasteiger partial charge in [0.1, 0.15) is 0 Å². The lowest BCUT2D eigenvalue weighted by Gasteiger charge is -2.63. The van der Waals surface area contributed by atoms with Crippen molar-refractivity contribution in [2.75, 3.05) is 6.61 Å². The topological polar surface area (TPSA) is 80.9 Å². The Labute approximate surface area is 170 Å². The predicted octanol–water partition coefficient (Wildman–Crippen LogP) is 3.36. The quantitative estimate of drug-likeness (QED) is 0.589. The van der Waals surface area contributed by atoms with Crippen molar-refractivity contribution in [3.63, 3.8) is 0 Å². The van der Waals surface area contributed by atoms with Gasteiger partial charge in [-0.3, -0.25) is 0 Å². The zero-order valence-corrected chi connectivity index (χ0v) is 18.1. The monoisotopic (exact) mass is 394 g/mol. The Morgan fingerprint density at radius 2 is 1.71 bits per heavy atom. The van der Waals surface area contributed by atoms with Gasteiger partial charge in [0, 0.05) is 6.61 Å². The molecular weight excluding hydrogens is 352 g/mol. The van der Waals surface area contributed by atoms with Gasteiger partial charge in [0.2, 0.25) is 0 Å². The molecule has 0 unspecified atom stereocenters. The number of aliphatic hydroxyl groups is 4. The second-order valence-corrected chi connectivity index (χ2v) is 11.4. The Morgan fingerprint density at radius 1 is 0.964 bits per heavy atom. The van der Waals surface area contributed by atoms with Crippen LogP contribution in [0.15, 0.2) is 0 Å². The second-order valence-electron chi connectivity index (χ2n) is 11.4. The minimum atomic E-state index is -0.308. The lowest BCUT2D eigenvalue weighted by Crippen LogP contribution is -2.62. The zero-order valence-electron chi connectivity index (χ0n) is 18.1. The Bertz CT molecular complexity index is 567. The number of hydrogen-bond donors (Lipinski definition) is 4. The van der Waals surface area contributed by atoms with E-state index in [1.54, 1.807) is 0 Å². The van der Waals surface area contributed by atoms with Crippen molar-refractivity contribution in [3.8, 4) is 0 Å². The van der Waals surface area contributed by atoms with Crippen LogP contribution in [0.5, 0.6) is 0 Å². The average molecular weight is 395 g/mol. The maximum absolute atomic E-state index is 11.5. The smallest absolute Gasteiger partial charge is 0.0602 e. The van der Waals surface area contributed by atoms with Gasteiger partial charge in [0.15, 0.2) is 0 Å². The lowest BCUT2D eigenvalue weighted by atomic mass is 9.43. The third-order valence-corrected chi connectivity index (χ3v) is 10.3. The van der Waals surface area contributed by atoms with E-state index in [-0.39, 0.29) is 35.7 Å². The Balaban J connectivity index is 1.62. The highest BCUT2D eigenvalue weighted by Gasteiger charge is 2.65. The summed E-state index contributed by atoms with van der Waals surface area (Å²) in [5, 5.41) is 42.2. The third kappa shape index (κ3) is 3.01. The van der Waals surface area contributed by atoms with Gasteiger partial charge in [-0.05, 0) is 104 Å². The van der Waals surface area contributed by atoms with Crippen molar-refractivity contribution < 1.29 is 20.4 Å². The highest BCUT2D eigenvalue weighted by molar-refractivity contribution is 5.14. The lowest BCUT2D eigenvalue weighted by molar-refractivity contribution is -0.207. The number of fused-ring (bicyclic) bond motifs is 5. The molecule has 0 aliphatic heterocycles. The Morgan fingerprint density at radius 3 is 2.43 bits per heavy atom. The fourth-order valence-corrected chi connectivity index (χ4v) is 8.75. The van der Waals surface area contributed by atoms with Crippen LogP contribution in [0.3, 0.4) is 0 Å². The molecule has 4 aliphatic rings. The molecule has 0 radical (unpaired) electrons. The van der Waals surface area contributed by atoms with Crippen molar-refractivity contribution in [3.05, 3.63) is 0 Å². The normalized spacial score (nSPS) is 54.5. The van der Waals surface area contributed by atoms with Crippen LogP contribution in [0, 0.1) is 46.3 Å². The minimum Gasteiger partial charge on any atom is -0.396 e. The van der Waals surface area contributed by atoms with E-state index in [4.69, 9.17) is 0 Å². The van der Waals surface area contributed by atoms with Gasteiger partial charge >= 0.3 is 0 Å². The van der Waals surface area contributed by atoms with Gasteiger partial charge < -0.3 is 20.4 Å². The summed E-state index contributed by atoms with van der Waals surface area (Å²) in [6.45, 7) is 7.23. The van der Waals surface area contributed by atoms with Crippen molar-refractivity contribution in [1.29, 1.82) is 0 Å². The summed E-state index contributed by atoms with van der Waals surface area (Å²) in [5.74, 6) is 2.41. The summed E-state index contributed by atoms with van der Waals surface area (Å²) >= 11 is 0. The fraction of sp³-hybridized carbons (Fsp3) is 1.00. The van der Waals surface area contributed by atoms with Crippen LogP contribution in [0.4, 0.5) is 0 Å². The van der Waals surface area contributed by atoms with E-state index in [0.717, 1.165) is 57.8 Å². The number of aliphatic hydroxyl groups excluding tert-OH is 4. The summed E-state index contributed by atoms with van der Waals surface area (Å²) < 4.78 is 0. The number of hydrogen-bond acceptors (Lipinski definition) is 4. The van der Waals surface area contributed by atoms with Crippen LogP contribution in [0.25, 0.3) is 0 Å². The molecule has 0 aromatic rings. The predicted molar refractivity (Wildman–Crippen MR) is 109 cm³/mol. The molecule has 11 atom stereocenters. The van der Waals surface area contributed by atoms with Crippen molar-refractivity contribution in [1.82, 2.24) is 0 Å². The zero-order chi connectivity index (χ0) is 20.3. The Kier molecular flexibility index (Phi) is 5.66. The van der Waals surface area contributed by atoms with Crippen LogP contribution in [-0.2, 0) is 0 Å². The van der Waals surface area contributed by atoms with Gasteiger partial charge in [-0.1, -0.05) is 20.8 Å². The van der Waals surface area contributed by atoms with E-state index in [1.807, 2.05) is 0 Å². The van der Waals surface area contributed by atoms with Crippen LogP contribution in [0.1, 0.15) is 78.6 Å². The average Bonchev–Trinajstić information content (AvgIpc) is 3.01. The molecule has 0 bridgehead atoms. The van der Waals surface area contributed by atoms with E-state index < -0.39 is 0 Å². The van der Waals surface area contributed by atoms with E-state index in [2.05, 4.69) is 20.8 Å². The fourth-order valence-electron chi connectivity index (χ4n) is 8.75. The molecule has 28 heavy (non-hydrogen) atoms. The second kappa shape index (κ2) is 7.51. The molecule has 4 saturated carbocycles. The molecule has 0 saturated heterocycles. The SMILES string of the molecule is C[C@H](CCCO)[C@@H]1CC[C@H]2[C@@H]3[C@H](O)C[C@@H]4C[C@H](O)CC[C@]4(C)[C@H]3C[C@@H](O)[C@@]21C. The molecule has 4 nitrogen and oxygen atoms in total. The Hall–Kier alpha value is -0.160. The van der Waals surface area contributed by atoms with Gasteiger partial charge in [-0.2, -0.15) is 0 Å². The van der Waals surface area contributed by atoms with Crippen molar-refractivity contribution >= 4 is 0 Å². The molecule has 4 rings (SSSR count). The maximum Gasteiger partial charge on any atom is 0.0602 e. The molecule has 162 valence electrons. The molecule has 0 aromatic carbocycles. The number of rotatable bonds is 4. The van der Waals surface area contributed by atoms with Crippen LogP contribution in [-0.4, -0.2) is 45.3 Å². The molecule has 0 heterocycles. The molecule has 0 spiro atoms. The van der Waals surface area contributed by atoms with Gasteiger partial charge in [0.25, 0.3) is 0 Å². The van der Waals surface area contributed by atoms with Crippen LogP contribution in [0.2, 0.25) is 0 Å². The third-order valence-electron chi connectivity index (χ3n) is 10.3. The standard InChI is InChI=1S/C24H42O4/c1-14(5-4-10-25)17-6-7-18-22-19(13-21(28)24(17,18)3)23(2)9-8-16(26)11-15(23)12-20(22)27/h14-22,25-28H,4-13H2,1-3H3/t14-,15+,16-,17+,18+,19+,20-,21-,22+,23+,24-/m1/s1. The minimum absolute atomic E-state index is 0.117. The molecule has 4 aliphatic carbocycles. The van der Waals surface area contributed by atoms with Crippen molar-refractivity contribution in [2.24, 2.45) is 46.3 Å². The van der Waals surface area contributed by atoms with Gasteiger partial charge in [-0.15, -0.1) is 0 Å². The summed E-state index contributed by atoms with van der Waals surface area (Å²) in [7, 11) is 0. The summed E-state index contributed by atoms with van der Waals surface area (Å²) in [4.78, 5) is 0. The summed E-state index contributed by atoms with van der Waals surface area (Å²) in [5.41, 5.74) is 0.0282. The van der Waals surface area contributed by atoms with E-state index in [1.165, 1.54) is 0 Å². The maximum atomic E-state index is 11.5. The summed E-state index contributed by atoms with van der Waals surface area (Å²) in [6.07, 6.45) is 7.62. The molecule has 0 aromatic heterocycles. The highest BCUT2D eigenvalue weighted by atomic mass is 16.3. The molecule has 0 amide bonds. The molecule has 4 heteroatoms. The first-order chi connectivity index (χ1) is 13.2. The first-order valence-corrected chi connectivity index (χ1v) is 11.9. The first-order valence-electron chi connectivity index (χ1n) is 11.9. The summed E-state index contributed by atoms with van der Waals surface area (Å²) in [6, 6.07) is 0. The first kappa shape index (κ1) is 21.1. The van der Waals surface area contributed by atoms with E-state index >= 15 is 0 Å². The molecule has 4 fully saturated rings. The molecular formula is C24H42O4. The van der Waals surface area contributed by atoms with E-state index in [0.29, 0.717) is 35.5 Å². The van der Waals surface area contributed by atoms with Gasteiger partial charge in [-0.25, -0.2) is 0 Å². The van der Waals surface area contributed by atoms with Crippen LogP contribution < -0.4 is 0 Å². The van der Waals surface area contributed by atoms with E-state index in [9.17, 15) is 20.4 Å². The largest absolute Gasteiger partial charge is 0.396 e. The van der Waals surface area contributed by atoms with Crippen LogP contribution >= 0.6 is 0 Å². The van der Waals surface area contributed by atoms with Gasteiger partial charge in [0.05, 0.1) is 18.3 Å².